The predicted octanol–water partition coefficient (Wildman–Crippen LogP) is 3.46. The maximum atomic E-state index is 12.4. The summed E-state index contributed by atoms with van der Waals surface area (Å²) < 4.78 is 41.6. The van der Waals surface area contributed by atoms with Crippen molar-refractivity contribution in [3.05, 3.63) is 29.8 Å². The molecule has 0 atom stereocenters. The van der Waals surface area contributed by atoms with Crippen LogP contribution in [0, 0.1) is 0 Å². The van der Waals surface area contributed by atoms with Gasteiger partial charge in [0, 0.05) is 5.71 Å². The average Bonchev–Trinajstić information content (AvgIpc) is 2.45. The van der Waals surface area contributed by atoms with E-state index in [1.807, 2.05) is 5.32 Å². The minimum Gasteiger partial charge on any atom is -0.453 e. The number of alkyl carbamates (subject to hydrolysis) is 1. The number of amides is 2. The molecule has 0 unspecified atom stereocenters. The minimum absolute atomic E-state index is 0.146. The lowest BCUT2D eigenvalue weighted by molar-refractivity contribution is -0.137. The lowest BCUT2D eigenvalue weighted by Crippen LogP contribution is -2.31. The first kappa shape index (κ1) is 17.7. The Morgan fingerprint density at radius 3 is 2.27 bits per heavy atom. The summed E-state index contributed by atoms with van der Waals surface area (Å²) in [5, 5.41) is 1.98. The van der Waals surface area contributed by atoms with Gasteiger partial charge in [-0.1, -0.05) is 6.92 Å². The molecule has 1 N–H and O–H groups in total. The van der Waals surface area contributed by atoms with Crippen LogP contribution in [0.2, 0.25) is 0 Å². The van der Waals surface area contributed by atoms with E-state index in [1.54, 1.807) is 6.92 Å². The van der Waals surface area contributed by atoms with E-state index in [1.165, 1.54) is 12.1 Å². The van der Waals surface area contributed by atoms with Crippen LogP contribution in [0.4, 0.5) is 23.7 Å². The summed E-state index contributed by atoms with van der Waals surface area (Å²) in [6.45, 7) is 1.74. The number of nitrogens with zero attached hydrogens (tertiary/aromatic N) is 1. The summed E-state index contributed by atoms with van der Waals surface area (Å²) in [7, 11) is 1.12. The van der Waals surface area contributed by atoms with E-state index in [-0.39, 0.29) is 6.42 Å². The van der Waals surface area contributed by atoms with E-state index < -0.39 is 23.7 Å². The number of methoxy groups -OCH3 is 1. The Bertz CT molecular complexity index is 566. The first-order chi connectivity index (χ1) is 10.3. The van der Waals surface area contributed by atoms with Gasteiger partial charge in [0.15, 0.2) is 0 Å². The molecule has 0 saturated carbocycles. The second-order valence-electron chi connectivity index (χ2n) is 4.29. The zero-order valence-corrected chi connectivity index (χ0v) is 12.0. The van der Waals surface area contributed by atoms with Gasteiger partial charge < -0.3 is 4.74 Å². The van der Waals surface area contributed by atoms with Crippen molar-refractivity contribution >= 4 is 23.4 Å². The number of ether oxygens (including phenoxy) is 1. The second-order valence-corrected chi connectivity index (χ2v) is 4.29. The van der Waals surface area contributed by atoms with Gasteiger partial charge in [0.2, 0.25) is 5.91 Å². The van der Waals surface area contributed by atoms with Crippen molar-refractivity contribution in [1.82, 2.24) is 5.32 Å². The summed E-state index contributed by atoms with van der Waals surface area (Å²) in [5.41, 5.74) is -0.0372. The standard InChI is InChI=1S/C14H15F3N2O3/c1-3-10(8-12(20)19-13(21)22-2)18-11-6-4-9(5-7-11)14(15,16)17/h4-7H,3,8H2,1-2H3,(H,19,20,21). The van der Waals surface area contributed by atoms with Crippen LogP contribution in [0.15, 0.2) is 29.3 Å². The number of hydrogen-bond acceptors (Lipinski definition) is 4. The number of alkyl halides is 3. The molecule has 2 amide bonds. The predicted molar refractivity (Wildman–Crippen MR) is 74.0 cm³/mol. The van der Waals surface area contributed by atoms with Crippen LogP contribution in [0.25, 0.3) is 0 Å². The van der Waals surface area contributed by atoms with Gasteiger partial charge in [-0.25, -0.2) is 4.79 Å². The Kier molecular flexibility index (Phi) is 6.09. The number of carbonyl (C=O) groups excluding carboxylic acids is 2. The number of imide groups is 1. The smallest absolute Gasteiger partial charge is 0.416 e. The molecule has 0 bridgehead atoms. The van der Waals surface area contributed by atoms with Crippen LogP contribution < -0.4 is 5.32 Å². The molecule has 0 radical (unpaired) electrons. The number of nitrogens with one attached hydrogen (secondary N) is 1. The Hall–Kier alpha value is -2.38. The fourth-order valence-electron chi connectivity index (χ4n) is 1.55. The highest BCUT2D eigenvalue weighted by Gasteiger charge is 2.29. The van der Waals surface area contributed by atoms with Crippen molar-refractivity contribution in [3.8, 4) is 0 Å². The maximum absolute atomic E-state index is 12.4. The van der Waals surface area contributed by atoms with E-state index in [0.29, 0.717) is 17.8 Å². The van der Waals surface area contributed by atoms with Crippen molar-refractivity contribution in [2.75, 3.05) is 7.11 Å². The maximum Gasteiger partial charge on any atom is 0.416 e. The lowest BCUT2D eigenvalue weighted by Gasteiger charge is -2.07. The van der Waals surface area contributed by atoms with E-state index in [9.17, 15) is 22.8 Å². The summed E-state index contributed by atoms with van der Waals surface area (Å²) in [5.74, 6) is -0.598. The molecule has 1 aromatic carbocycles. The van der Waals surface area contributed by atoms with Gasteiger partial charge in [0.05, 0.1) is 24.8 Å². The van der Waals surface area contributed by atoms with E-state index in [2.05, 4.69) is 9.73 Å². The highest BCUT2D eigenvalue weighted by Crippen LogP contribution is 2.30. The molecule has 0 aliphatic rings. The van der Waals surface area contributed by atoms with Crippen LogP contribution in [-0.2, 0) is 15.7 Å². The highest BCUT2D eigenvalue weighted by atomic mass is 19.4. The molecule has 0 heterocycles. The molecule has 0 fully saturated rings. The summed E-state index contributed by atoms with van der Waals surface area (Å²) >= 11 is 0. The number of rotatable bonds is 4. The van der Waals surface area contributed by atoms with Crippen molar-refractivity contribution in [3.63, 3.8) is 0 Å². The van der Waals surface area contributed by atoms with Crippen LogP contribution in [0.5, 0.6) is 0 Å². The molecule has 120 valence electrons. The van der Waals surface area contributed by atoms with Crippen LogP contribution in [0.1, 0.15) is 25.3 Å². The fourth-order valence-corrected chi connectivity index (χ4v) is 1.55. The Morgan fingerprint density at radius 1 is 1.23 bits per heavy atom. The zero-order valence-electron chi connectivity index (χ0n) is 12.0. The monoisotopic (exact) mass is 316 g/mol. The first-order valence-corrected chi connectivity index (χ1v) is 6.37. The third-order valence-electron chi connectivity index (χ3n) is 2.68. The summed E-state index contributed by atoms with van der Waals surface area (Å²) in [4.78, 5) is 26.5. The molecule has 1 rings (SSSR count). The van der Waals surface area contributed by atoms with Gasteiger partial charge in [-0.05, 0) is 30.7 Å². The molecule has 0 aromatic heterocycles. The van der Waals surface area contributed by atoms with Crippen molar-refractivity contribution in [2.45, 2.75) is 25.9 Å². The molecule has 5 nitrogen and oxygen atoms in total. The second kappa shape index (κ2) is 7.58. The Labute approximate surface area is 125 Å². The molecule has 8 heteroatoms. The van der Waals surface area contributed by atoms with Gasteiger partial charge in [0.25, 0.3) is 0 Å². The number of hydrogen-bond donors (Lipinski definition) is 1. The quantitative estimate of drug-likeness (QED) is 0.865. The number of carbonyl (C=O) groups is 2. The van der Waals surface area contributed by atoms with Crippen LogP contribution >= 0.6 is 0 Å². The number of halogens is 3. The average molecular weight is 316 g/mol. The number of aliphatic imine (C=N–C) groups is 1. The van der Waals surface area contributed by atoms with Crippen molar-refractivity contribution in [2.24, 2.45) is 4.99 Å². The Morgan fingerprint density at radius 2 is 1.82 bits per heavy atom. The van der Waals surface area contributed by atoms with Gasteiger partial charge in [-0.15, -0.1) is 0 Å². The van der Waals surface area contributed by atoms with E-state index in [0.717, 1.165) is 19.2 Å². The SMILES string of the molecule is CCC(CC(=O)NC(=O)OC)=Nc1ccc(C(F)(F)F)cc1. The van der Waals surface area contributed by atoms with E-state index >= 15 is 0 Å². The van der Waals surface area contributed by atoms with Gasteiger partial charge >= 0.3 is 12.3 Å². The first-order valence-electron chi connectivity index (χ1n) is 6.37. The van der Waals surface area contributed by atoms with Crippen molar-refractivity contribution < 1.29 is 27.5 Å². The third-order valence-corrected chi connectivity index (χ3v) is 2.68. The molecular weight excluding hydrogens is 301 g/mol. The summed E-state index contributed by atoms with van der Waals surface area (Å²) in [6, 6.07) is 4.27. The largest absolute Gasteiger partial charge is 0.453 e. The molecule has 22 heavy (non-hydrogen) atoms. The van der Waals surface area contributed by atoms with Crippen molar-refractivity contribution in [1.29, 1.82) is 0 Å². The Balaban J connectivity index is 2.80. The minimum atomic E-state index is -4.41. The molecule has 0 aliphatic carbocycles. The fraction of sp³-hybridized carbons (Fsp3) is 0.357. The highest BCUT2D eigenvalue weighted by molar-refractivity contribution is 6.05. The van der Waals surface area contributed by atoms with E-state index in [4.69, 9.17) is 0 Å². The number of benzene rings is 1. The molecule has 0 aliphatic heterocycles. The topological polar surface area (TPSA) is 67.8 Å². The van der Waals surface area contributed by atoms with Crippen LogP contribution in [-0.4, -0.2) is 24.8 Å². The van der Waals surface area contributed by atoms with Gasteiger partial charge in [0.1, 0.15) is 0 Å². The van der Waals surface area contributed by atoms with Gasteiger partial charge in [-0.3, -0.25) is 15.1 Å². The molecule has 0 saturated heterocycles. The normalized spacial score (nSPS) is 12.0. The zero-order chi connectivity index (χ0) is 16.8. The summed E-state index contributed by atoms with van der Waals surface area (Å²) in [6.07, 6.45) is -5.02. The van der Waals surface area contributed by atoms with Gasteiger partial charge in [-0.2, -0.15) is 13.2 Å². The molecular formula is C14H15F3N2O3. The molecule has 1 aromatic rings. The molecule has 0 spiro atoms. The third kappa shape index (κ3) is 5.55. The lowest BCUT2D eigenvalue weighted by atomic mass is 10.1. The van der Waals surface area contributed by atoms with Crippen LogP contribution in [0.3, 0.4) is 0 Å².